The number of aryl methyl sites for hydroxylation is 1. The quantitative estimate of drug-likeness (QED) is 0.538. The molecule has 3 aromatic rings. The standard InChI is InChI=1S/C13H11N5O3/c1-9-14-7-12(18(19)20)17(9)8-11-15-13(16-21-11)10-5-3-2-4-6-10/h2-7H,8H2,1H3. The van der Waals surface area contributed by atoms with Crippen molar-refractivity contribution < 1.29 is 9.45 Å². The second-order valence-corrected chi connectivity index (χ2v) is 4.38. The van der Waals surface area contributed by atoms with Gasteiger partial charge in [-0.2, -0.15) is 4.98 Å². The predicted octanol–water partition coefficient (Wildman–Crippen LogP) is 2.20. The fourth-order valence-corrected chi connectivity index (χ4v) is 1.96. The molecule has 21 heavy (non-hydrogen) atoms. The maximum atomic E-state index is 10.9. The molecule has 8 nitrogen and oxygen atoms in total. The topological polar surface area (TPSA) is 99.9 Å². The predicted molar refractivity (Wildman–Crippen MR) is 72.5 cm³/mol. The molecule has 0 unspecified atom stereocenters. The summed E-state index contributed by atoms with van der Waals surface area (Å²) >= 11 is 0. The molecule has 3 rings (SSSR count). The van der Waals surface area contributed by atoms with Crippen LogP contribution in [-0.4, -0.2) is 24.6 Å². The summed E-state index contributed by atoms with van der Waals surface area (Å²) in [5.41, 5.74) is 0.823. The lowest BCUT2D eigenvalue weighted by Gasteiger charge is -1.98. The van der Waals surface area contributed by atoms with Gasteiger partial charge >= 0.3 is 5.82 Å². The van der Waals surface area contributed by atoms with Gasteiger partial charge in [-0.05, 0) is 4.92 Å². The molecule has 0 saturated carbocycles. The molecule has 0 atom stereocenters. The Morgan fingerprint density at radius 1 is 1.33 bits per heavy atom. The summed E-state index contributed by atoms with van der Waals surface area (Å²) in [6, 6.07) is 9.36. The van der Waals surface area contributed by atoms with E-state index in [1.807, 2.05) is 30.3 Å². The Morgan fingerprint density at radius 3 is 2.81 bits per heavy atom. The summed E-state index contributed by atoms with van der Waals surface area (Å²) in [5, 5.41) is 14.8. The zero-order valence-corrected chi connectivity index (χ0v) is 11.1. The maximum Gasteiger partial charge on any atom is 0.343 e. The number of hydrogen-bond acceptors (Lipinski definition) is 6. The Kier molecular flexibility index (Phi) is 3.19. The van der Waals surface area contributed by atoms with Crippen LogP contribution in [0.5, 0.6) is 0 Å². The van der Waals surface area contributed by atoms with Crippen LogP contribution < -0.4 is 0 Å². The largest absolute Gasteiger partial charge is 0.358 e. The first-order chi connectivity index (χ1) is 10.1. The monoisotopic (exact) mass is 285 g/mol. The molecule has 0 bridgehead atoms. The molecule has 1 aromatic carbocycles. The van der Waals surface area contributed by atoms with Gasteiger partial charge < -0.3 is 14.6 Å². The van der Waals surface area contributed by atoms with Crippen molar-refractivity contribution in [2.45, 2.75) is 13.5 Å². The van der Waals surface area contributed by atoms with Crippen LogP contribution in [0.1, 0.15) is 11.7 Å². The van der Waals surface area contributed by atoms with Crippen LogP contribution in [0.4, 0.5) is 5.82 Å². The van der Waals surface area contributed by atoms with Gasteiger partial charge in [0, 0.05) is 12.5 Å². The van der Waals surface area contributed by atoms with E-state index in [2.05, 4.69) is 15.1 Å². The molecule has 0 amide bonds. The summed E-state index contributed by atoms with van der Waals surface area (Å²) in [4.78, 5) is 18.6. The number of benzene rings is 1. The summed E-state index contributed by atoms with van der Waals surface area (Å²) in [6.07, 6.45) is 1.21. The van der Waals surface area contributed by atoms with Crippen molar-refractivity contribution in [2.75, 3.05) is 0 Å². The summed E-state index contributed by atoms with van der Waals surface area (Å²) in [6.45, 7) is 1.80. The molecule has 106 valence electrons. The Morgan fingerprint density at radius 2 is 2.10 bits per heavy atom. The third-order valence-corrected chi connectivity index (χ3v) is 3.01. The van der Waals surface area contributed by atoms with Gasteiger partial charge in [0.05, 0.1) is 0 Å². The molecule has 0 spiro atoms. The highest BCUT2D eigenvalue weighted by Gasteiger charge is 2.20. The molecule has 2 aromatic heterocycles. The zero-order valence-electron chi connectivity index (χ0n) is 11.1. The lowest BCUT2D eigenvalue weighted by atomic mass is 10.2. The van der Waals surface area contributed by atoms with Crippen LogP contribution in [0.2, 0.25) is 0 Å². The lowest BCUT2D eigenvalue weighted by Crippen LogP contribution is -2.06. The Hall–Kier alpha value is -3.03. The van der Waals surface area contributed by atoms with Crippen molar-refractivity contribution in [1.82, 2.24) is 19.7 Å². The minimum Gasteiger partial charge on any atom is -0.358 e. The Bertz CT molecular complexity index is 778. The Balaban J connectivity index is 1.89. The van der Waals surface area contributed by atoms with Gasteiger partial charge in [0.25, 0.3) is 5.89 Å². The van der Waals surface area contributed by atoms with Crippen molar-refractivity contribution in [1.29, 1.82) is 0 Å². The third kappa shape index (κ3) is 2.50. The van der Waals surface area contributed by atoms with Crippen molar-refractivity contribution in [3.05, 3.63) is 58.4 Å². The van der Waals surface area contributed by atoms with E-state index in [0.29, 0.717) is 11.6 Å². The van der Waals surface area contributed by atoms with Gasteiger partial charge in [-0.1, -0.05) is 35.5 Å². The number of hydrogen-bond donors (Lipinski definition) is 0. The zero-order chi connectivity index (χ0) is 14.8. The molecule has 0 aliphatic rings. The van der Waals surface area contributed by atoms with E-state index >= 15 is 0 Å². The van der Waals surface area contributed by atoms with Gasteiger partial charge in [0.2, 0.25) is 5.82 Å². The lowest BCUT2D eigenvalue weighted by molar-refractivity contribution is -0.392. The number of nitrogens with zero attached hydrogens (tertiary/aromatic N) is 5. The first kappa shape index (κ1) is 13.0. The first-order valence-electron chi connectivity index (χ1n) is 6.19. The summed E-state index contributed by atoms with van der Waals surface area (Å²) in [7, 11) is 0. The fraction of sp³-hybridized carbons (Fsp3) is 0.154. The van der Waals surface area contributed by atoms with Crippen LogP contribution in [0.3, 0.4) is 0 Å². The molecular formula is C13H11N5O3. The minimum atomic E-state index is -0.492. The van der Waals surface area contributed by atoms with Gasteiger partial charge in [0.15, 0.2) is 12.4 Å². The molecule has 0 radical (unpaired) electrons. The number of aromatic nitrogens is 4. The summed E-state index contributed by atoms with van der Waals surface area (Å²) < 4.78 is 6.57. The smallest absolute Gasteiger partial charge is 0.343 e. The van der Waals surface area contributed by atoms with Crippen molar-refractivity contribution in [3.8, 4) is 11.4 Å². The maximum absolute atomic E-state index is 10.9. The molecule has 0 aliphatic heterocycles. The van der Waals surface area contributed by atoms with E-state index in [1.54, 1.807) is 6.92 Å². The molecule has 8 heteroatoms. The normalized spacial score (nSPS) is 10.7. The molecule has 0 saturated heterocycles. The van der Waals surface area contributed by atoms with Gasteiger partial charge in [-0.25, -0.2) is 9.55 Å². The highest BCUT2D eigenvalue weighted by molar-refractivity contribution is 5.53. The van der Waals surface area contributed by atoms with Crippen LogP contribution in [0.15, 0.2) is 41.1 Å². The number of nitro groups is 1. The van der Waals surface area contributed by atoms with Crippen molar-refractivity contribution in [2.24, 2.45) is 0 Å². The molecular weight excluding hydrogens is 274 g/mol. The van der Waals surface area contributed by atoms with E-state index in [1.165, 1.54) is 10.8 Å². The van der Waals surface area contributed by atoms with Crippen molar-refractivity contribution in [3.63, 3.8) is 0 Å². The van der Waals surface area contributed by atoms with Crippen LogP contribution in [-0.2, 0) is 6.54 Å². The van der Waals surface area contributed by atoms with E-state index in [-0.39, 0.29) is 18.3 Å². The van der Waals surface area contributed by atoms with Gasteiger partial charge in [-0.15, -0.1) is 0 Å². The molecule has 0 N–H and O–H groups in total. The van der Waals surface area contributed by atoms with E-state index in [9.17, 15) is 10.1 Å². The number of imidazole rings is 1. The van der Waals surface area contributed by atoms with Crippen LogP contribution >= 0.6 is 0 Å². The fourth-order valence-electron chi connectivity index (χ4n) is 1.96. The van der Waals surface area contributed by atoms with Crippen LogP contribution in [0, 0.1) is 17.0 Å². The molecule has 0 fully saturated rings. The Labute approximate surface area is 119 Å². The van der Waals surface area contributed by atoms with Crippen LogP contribution in [0.25, 0.3) is 11.4 Å². The average molecular weight is 285 g/mol. The van der Waals surface area contributed by atoms with Gasteiger partial charge in [-0.3, -0.25) is 0 Å². The average Bonchev–Trinajstić information content (AvgIpc) is 3.08. The van der Waals surface area contributed by atoms with Gasteiger partial charge in [0.1, 0.15) is 6.20 Å². The van der Waals surface area contributed by atoms with E-state index in [4.69, 9.17) is 4.52 Å². The summed E-state index contributed by atoms with van der Waals surface area (Å²) in [5.74, 6) is 1.15. The SMILES string of the molecule is Cc1ncc([N+](=O)[O-])n1Cc1nc(-c2ccccc2)no1. The van der Waals surface area contributed by atoms with E-state index < -0.39 is 4.92 Å². The highest BCUT2D eigenvalue weighted by Crippen LogP contribution is 2.18. The van der Waals surface area contributed by atoms with Crippen molar-refractivity contribution >= 4 is 5.82 Å². The minimum absolute atomic E-state index is 0.105. The number of rotatable bonds is 4. The second kappa shape index (κ2) is 5.16. The molecule has 0 aliphatic carbocycles. The third-order valence-electron chi connectivity index (χ3n) is 3.01. The second-order valence-electron chi connectivity index (χ2n) is 4.38. The van der Waals surface area contributed by atoms with E-state index in [0.717, 1.165) is 5.56 Å². The highest BCUT2D eigenvalue weighted by atomic mass is 16.6. The first-order valence-corrected chi connectivity index (χ1v) is 6.19. The molecule has 2 heterocycles.